The van der Waals surface area contributed by atoms with Gasteiger partial charge < -0.3 is 14.6 Å². The lowest BCUT2D eigenvalue weighted by Gasteiger charge is -2.64. The van der Waals surface area contributed by atoms with Gasteiger partial charge >= 0.3 is 0 Å². The molecule has 5 heteroatoms. The topological polar surface area (TPSA) is 59.0 Å². The van der Waals surface area contributed by atoms with Gasteiger partial charge in [-0.2, -0.15) is 0 Å². The first-order chi connectivity index (χ1) is 13.4. The molecule has 0 amide bonds. The largest absolute Gasteiger partial charge is 0.392 e. The van der Waals surface area contributed by atoms with Crippen molar-refractivity contribution in [3.8, 4) is 0 Å². The molecule has 28 heavy (non-hydrogen) atoms. The average molecular weight is 388 g/mol. The molecular weight excluding hydrogens is 354 g/mol. The number of carbonyl (C=O) groups excluding carboxylic acids is 1. The SMILES string of the molecule is CCN1C[C@]2(C)CC[C@H](O)[C@@]34C5=C[C@@H]6CC[C@]5(C(=O)C6(OC)OC)[C@@H](C[C@H]23)C14. The Hall–Kier alpha value is -0.750. The fraction of sp³-hybridized carbons (Fsp3) is 0.870. The number of ether oxygens (including phenoxy) is 2. The van der Waals surface area contributed by atoms with Crippen molar-refractivity contribution in [2.24, 2.45) is 34.0 Å². The van der Waals surface area contributed by atoms with E-state index in [1.165, 1.54) is 5.57 Å². The first-order valence-corrected chi connectivity index (χ1v) is 11.2. The van der Waals surface area contributed by atoms with Gasteiger partial charge in [0.05, 0.1) is 11.5 Å². The molecule has 5 fully saturated rings. The number of nitrogens with zero attached hydrogens (tertiary/aromatic N) is 1. The maximum atomic E-state index is 14.1. The Bertz CT molecular complexity index is 789. The van der Waals surface area contributed by atoms with Gasteiger partial charge in [-0.1, -0.05) is 19.9 Å². The van der Waals surface area contributed by atoms with Crippen molar-refractivity contribution in [3.05, 3.63) is 11.6 Å². The highest BCUT2D eigenvalue weighted by molar-refractivity contribution is 5.99. The zero-order chi connectivity index (χ0) is 19.7. The first kappa shape index (κ1) is 18.1. The zero-order valence-corrected chi connectivity index (χ0v) is 17.5. The van der Waals surface area contributed by atoms with Crippen molar-refractivity contribution in [1.82, 2.24) is 4.90 Å². The number of fused-ring (bicyclic) bond motifs is 2. The van der Waals surface area contributed by atoms with Crippen LogP contribution >= 0.6 is 0 Å². The second kappa shape index (κ2) is 5.11. The van der Waals surface area contributed by atoms with Crippen LogP contribution in [0.15, 0.2) is 11.6 Å². The van der Waals surface area contributed by atoms with E-state index in [2.05, 4.69) is 24.8 Å². The summed E-state index contributed by atoms with van der Waals surface area (Å²) in [5.41, 5.74) is 0.781. The molecule has 0 aromatic carbocycles. The van der Waals surface area contributed by atoms with Gasteiger partial charge in [0.1, 0.15) is 0 Å². The summed E-state index contributed by atoms with van der Waals surface area (Å²) in [4.78, 5) is 16.7. The molecule has 7 aliphatic rings. The number of hydrogen-bond donors (Lipinski definition) is 1. The van der Waals surface area contributed by atoms with Gasteiger partial charge in [-0.05, 0) is 61.5 Å². The van der Waals surface area contributed by atoms with Gasteiger partial charge in [0.2, 0.25) is 11.6 Å². The summed E-state index contributed by atoms with van der Waals surface area (Å²) >= 11 is 0. The molecule has 1 saturated heterocycles. The standard InChI is InChI=1S/C23H33NO4/c1-5-24-12-20(2)8-7-17(25)22-15(20)11-14(18(22)24)21-9-6-13(10-16(21)22)23(27-3,28-4)19(21)26/h10,13-15,17-18,25H,5-9,11-12H2,1-4H3/t13-,14-,15+,17-,18?,20-,21-,22-/m0/s1. The third-order valence-corrected chi connectivity index (χ3v) is 10.3. The number of rotatable bonds is 3. The van der Waals surface area contributed by atoms with Gasteiger partial charge in [-0.25, -0.2) is 0 Å². The van der Waals surface area contributed by atoms with E-state index < -0.39 is 11.2 Å². The molecule has 7 bridgehead atoms. The van der Waals surface area contributed by atoms with Gasteiger partial charge in [-0.15, -0.1) is 0 Å². The Morgan fingerprint density at radius 1 is 1.25 bits per heavy atom. The number of piperidine rings is 1. The van der Waals surface area contributed by atoms with Crippen LogP contribution in [-0.2, 0) is 14.3 Å². The van der Waals surface area contributed by atoms with Crippen LogP contribution in [0.4, 0.5) is 0 Å². The maximum Gasteiger partial charge on any atom is 0.235 e. The fourth-order valence-corrected chi connectivity index (χ4v) is 9.52. The molecular formula is C23H33NO4. The summed E-state index contributed by atoms with van der Waals surface area (Å²) in [6.07, 6.45) is 6.84. The Balaban J connectivity index is 1.63. The van der Waals surface area contributed by atoms with Crippen LogP contribution in [0.2, 0.25) is 0 Å². The second-order valence-electron chi connectivity index (χ2n) is 10.6. The normalized spacial score (nSPS) is 55.4. The van der Waals surface area contributed by atoms with E-state index in [9.17, 15) is 9.90 Å². The van der Waals surface area contributed by atoms with E-state index in [0.717, 1.165) is 45.2 Å². The first-order valence-electron chi connectivity index (χ1n) is 11.2. The van der Waals surface area contributed by atoms with Gasteiger partial charge in [0.15, 0.2) is 0 Å². The Labute approximate surface area is 167 Å². The van der Waals surface area contributed by atoms with E-state index in [0.29, 0.717) is 5.92 Å². The molecule has 1 aliphatic heterocycles. The van der Waals surface area contributed by atoms with Crippen LogP contribution in [0, 0.1) is 34.0 Å². The molecule has 0 aromatic heterocycles. The summed E-state index contributed by atoms with van der Waals surface area (Å²) in [6.45, 7) is 6.77. The summed E-state index contributed by atoms with van der Waals surface area (Å²) in [6, 6.07) is 0.282. The van der Waals surface area contributed by atoms with E-state index >= 15 is 0 Å². The lowest BCUT2D eigenvalue weighted by molar-refractivity contribution is -0.247. The zero-order valence-electron chi connectivity index (χ0n) is 17.5. The van der Waals surface area contributed by atoms with Crippen molar-refractivity contribution in [3.63, 3.8) is 0 Å². The summed E-state index contributed by atoms with van der Waals surface area (Å²) in [5.74, 6) is -0.281. The van der Waals surface area contributed by atoms with Gasteiger partial charge in [0, 0.05) is 38.1 Å². The molecule has 4 saturated carbocycles. The molecule has 2 spiro atoms. The van der Waals surface area contributed by atoms with Crippen LogP contribution in [0.3, 0.4) is 0 Å². The minimum Gasteiger partial charge on any atom is -0.392 e. The molecule has 6 aliphatic carbocycles. The number of ketones is 1. The van der Waals surface area contributed by atoms with E-state index in [1.807, 2.05) is 0 Å². The molecule has 0 aromatic rings. The Morgan fingerprint density at radius 3 is 2.68 bits per heavy atom. The molecule has 5 nitrogen and oxygen atoms in total. The van der Waals surface area contributed by atoms with Crippen LogP contribution in [0.5, 0.6) is 0 Å². The summed E-state index contributed by atoms with van der Waals surface area (Å²) < 4.78 is 11.6. The lowest BCUT2D eigenvalue weighted by Crippen LogP contribution is -2.68. The van der Waals surface area contributed by atoms with Crippen LogP contribution in [0.25, 0.3) is 0 Å². The monoisotopic (exact) mass is 387 g/mol. The number of aliphatic hydroxyl groups excluding tert-OH is 1. The van der Waals surface area contributed by atoms with Gasteiger partial charge in [0.25, 0.3) is 0 Å². The smallest absolute Gasteiger partial charge is 0.235 e. The third-order valence-electron chi connectivity index (χ3n) is 10.3. The highest BCUT2D eigenvalue weighted by Gasteiger charge is 2.84. The molecule has 1 unspecified atom stereocenters. The van der Waals surface area contributed by atoms with E-state index in [-0.39, 0.29) is 40.6 Å². The number of Topliss-reactive ketones (excluding diaryl/α,β-unsaturated/α-hetero) is 1. The third kappa shape index (κ3) is 1.48. The van der Waals surface area contributed by atoms with E-state index in [1.54, 1.807) is 14.2 Å². The van der Waals surface area contributed by atoms with Crippen LogP contribution < -0.4 is 0 Å². The number of methoxy groups -OCH3 is 2. The van der Waals surface area contributed by atoms with Crippen molar-refractivity contribution in [2.75, 3.05) is 27.3 Å². The van der Waals surface area contributed by atoms with E-state index in [4.69, 9.17) is 9.47 Å². The highest BCUT2D eigenvalue weighted by Crippen LogP contribution is 2.81. The maximum absolute atomic E-state index is 14.1. The predicted molar refractivity (Wildman–Crippen MR) is 103 cm³/mol. The van der Waals surface area contributed by atoms with Gasteiger partial charge in [-0.3, -0.25) is 9.69 Å². The minimum absolute atomic E-state index is 0.0446. The minimum atomic E-state index is -1.14. The average Bonchev–Trinajstić information content (AvgIpc) is 3.15. The molecule has 1 heterocycles. The van der Waals surface area contributed by atoms with Crippen molar-refractivity contribution >= 4 is 5.78 Å². The molecule has 1 N–H and O–H groups in total. The fourth-order valence-electron chi connectivity index (χ4n) is 9.52. The number of carbonyl (C=O) groups is 1. The van der Waals surface area contributed by atoms with Crippen LogP contribution in [0.1, 0.15) is 46.0 Å². The van der Waals surface area contributed by atoms with Crippen LogP contribution in [-0.4, -0.2) is 61.0 Å². The predicted octanol–water partition coefficient (Wildman–Crippen LogP) is 2.38. The number of likely N-dealkylation sites (tertiary alicyclic amines) is 1. The Morgan fingerprint density at radius 2 is 2.00 bits per heavy atom. The molecule has 154 valence electrons. The highest BCUT2D eigenvalue weighted by atomic mass is 16.7. The Kier molecular flexibility index (Phi) is 3.29. The molecule has 7 rings (SSSR count). The molecule has 8 atom stereocenters. The van der Waals surface area contributed by atoms with Crippen molar-refractivity contribution < 1.29 is 19.4 Å². The summed E-state index contributed by atoms with van der Waals surface area (Å²) in [5, 5.41) is 11.6. The molecule has 0 radical (unpaired) electrons. The van der Waals surface area contributed by atoms with Crippen molar-refractivity contribution in [1.29, 1.82) is 0 Å². The summed E-state index contributed by atoms with van der Waals surface area (Å²) in [7, 11) is 3.22. The number of hydrogen-bond acceptors (Lipinski definition) is 5. The second-order valence-corrected chi connectivity index (χ2v) is 10.6. The quantitative estimate of drug-likeness (QED) is 0.595. The lowest BCUT2D eigenvalue weighted by atomic mass is 9.43. The number of aliphatic hydroxyl groups is 1. The van der Waals surface area contributed by atoms with Crippen molar-refractivity contribution in [2.45, 2.75) is 63.9 Å².